The van der Waals surface area contributed by atoms with Gasteiger partial charge in [-0.15, -0.1) is 0 Å². The number of carbonyl (C=O) groups excluding carboxylic acids is 1. The first-order valence-electron chi connectivity index (χ1n) is 8.06. The average Bonchev–Trinajstić information content (AvgIpc) is 2.98. The SMILES string of the molecule is COc1ccc(OC)c([C@@H](C)NC(=O)c2oc3ccccc3c2C)c1. The minimum Gasteiger partial charge on any atom is -0.497 e. The van der Waals surface area contributed by atoms with Gasteiger partial charge in [-0.2, -0.15) is 0 Å². The lowest BCUT2D eigenvalue weighted by molar-refractivity contribution is 0.0912. The van der Waals surface area contributed by atoms with Crippen molar-refractivity contribution in [3.63, 3.8) is 0 Å². The molecule has 0 unspecified atom stereocenters. The number of methoxy groups -OCH3 is 2. The number of ether oxygens (including phenoxy) is 2. The third-order valence-corrected chi connectivity index (χ3v) is 4.30. The molecule has 130 valence electrons. The summed E-state index contributed by atoms with van der Waals surface area (Å²) >= 11 is 0. The van der Waals surface area contributed by atoms with Crippen molar-refractivity contribution in [3.05, 3.63) is 59.4 Å². The van der Waals surface area contributed by atoms with Gasteiger partial charge in [-0.25, -0.2) is 0 Å². The molecule has 0 fully saturated rings. The Balaban J connectivity index is 1.88. The summed E-state index contributed by atoms with van der Waals surface area (Å²) in [5, 5.41) is 3.92. The zero-order valence-electron chi connectivity index (χ0n) is 14.8. The minimum atomic E-state index is -0.273. The summed E-state index contributed by atoms with van der Waals surface area (Å²) < 4.78 is 16.4. The predicted molar refractivity (Wildman–Crippen MR) is 96.4 cm³/mol. The number of nitrogens with one attached hydrogen (secondary N) is 1. The Hall–Kier alpha value is -2.95. The summed E-state index contributed by atoms with van der Waals surface area (Å²) in [5.74, 6) is 1.47. The number of rotatable bonds is 5. The van der Waals surface area contributed by atoms with Gasteiger partial charge in [0, 0.05) is 16.5 Å². The number of carbonyl (C=O) groups is 1. The molecule has 0 spiro atoms. The maximum absolute atomic E-state index is 12.7. The molecule has 0 aliphatic heterocycles. The third-order valence-electron chi connectivity index (χ3n) is 4.30. The molecule has 0 radical (unpaired) electrons. The van der Waals surface area contributed by atoms with Crippen LogP contribution < -0.4 is 14.8 Å². The van der Waals surface area contributed by atoms with Crippen LogP contribution in [0.2, 0.25) is 0 Å². The van der Waals surface area contributed by atoms with Gasteiger partial charge in [0.2, 0.25) is 0 Å². The molecule has 1 atom stereocenters. The molecule has 0 bridgehead atoms. The summed E-state index contributed by atoms with van der Waals surface area (Å²) in [6.07, 6.45) is 0. The number of hydrogen-bond acceptors (Lipinski definition) is 4. The fourth-order valence-corrected chi connectivity index (χ4v) is 2.91. The number of benzene rings is 2. The van der Waals surface area contributed by atoms with Crippen LogP contribution in [0.3, 0.4) is 0 Å². The van der Waals surface area contributed by atoms with E-state index in [9.17, 15) is 4.79 Å². The fourth-order valence-electron chi connectivity index (χ4n) is 2.91. The monoisotopic (exact) mass is 339 g/mol. The Labute approximate surface area is 146 Å². The Morgan fingerprint density at radius 2 is 1.88 bits per heavy atom. The van der Waals surface area contributed by atoms with Crippen LogP contribution in [-0.2, 0) is 0 Å². The van der Waals surface area contributed by atoms with Crippen LogP contribution in [0, 0.1) is 6.92 Å². The Morgan fingerprint density at radius 1 is 1.12 bits per heavy atom. The molecule has 1 N–H and O–H groups in total. The highest BCUT2D eigenvalue weighted by Gasteiger charge is 2.21. The predicted octanol–water partition coefficient (Wildman–Crippen LogP) is 4.25. The molecule has 25 heavy (non-hydrogen) atoms. The van der Waals surface area contributed by atoms with E-state index in [1.165, 1.54) is 0 Å². The molecule has 0 aliphatic rings. The van der Waals surface area contributed by atoms with E-state index in [1.807, 2.05) is 56.3 Å². The van der Waals surface area contributed by atoms with Crippen LogP contribution in [0.15, 0.2) is 46.9 Å². The van der Waals surface area contributed by atoms with Gasteiger partial charge in [-0.05, 0) is 38.1 Å². The van der Waals surface area contributed by atoms with Gasteiger partial charge in [0.25, 0.3) is 5.91 Å². The highest BCUT2D eigenvalue weighted by atomic mass is 16.5. The van der Waals surface area contributed by atoms with Gasteiger partial charge in [0.05, 0.1) is 20.3 Å². The van der Waals surface area contributed by atoms with Crippen LogP contribution in [0.1, 0.15) is 34.6 Å². The van der Waals surface area contributed by atoms with Crippen molar-refractivity contribution in [2.24, 2.45) is 0 Å². The molecule has 2 aromatic carbocycles. The average molecular weight is 339 g/mol. The number of hydrogen-bond donors (Lipinski definition) is 1. The molecule has 0 saturated heterocycles. The van der Waals surface area contributed by atoms with Crippen molar-refractivity contribution >= 4 is 16.9 Å². The van der Waals surface area contributed by atoms with Crippen molar-refractivity contribution in [1.29, 1.82) is 0 Å². The molecule has 1 heterocycles. The minimum absolute atomic E-state index is 0.258. The standard InChI is InChI=1S/C20H21NO4/c1-12-15-7-5-6-8-18(15)25-19(12)20(22)21-13(2)16-11-14(23-3)9-10-17(16)24-4/h5-11,13H,1-4H3,(H,21,22)/t13-/m1/s1. The molecule has 3 rings (SSSR count). The van der Waals surface area contributed by atoms with E-state index >= 15 is 0 Å². The zero-order valence-corrected chi connectivity index (χ0v) is 14.8. The van der Waals surface area contributed by atoms with Gasteiger partial charge in [0.15, 0.2) is 5.76 Å². The molecule has 0 saturated carbocycles. The second-order valence-electron chi connectivity index (χ2n) is 5.86. The van der Waals surface area contributed by atoms with E-state index in [0.717, 1.165) is 16.5 Å². The summed E-state index contributed by atoms with van der Waals surface area (Å²) in [7, 11) is 3.20. The quantitative estimate of drug-likeness (QED) is 0.755. The van der Waals surface area contributed by atoms with E-state index in [2.05, 4.69) is 5.32 Å². The summed E-state index contributed by atoms with van der Waals surface area (Å²) in [5.41, 5.74) is 2.37. The van der Waals surface area contributed by atoms with Crippen molar-refractivity contribution in [2.45, 2.75) is 19.9 Å². The number of para-hydroxylation sites is 1. The van der Waals surface area contributed by atoms with Crippen molar-refractivity contribution < 1.29 is 18.7 Å². The molecular weight excluding hydrogens is 318 g/mol. The first-order chi connectivity index (χ1) is 12.0. The van der Waals surface area contributed by atoms with E-state index in [0.29, 0.717) is 22.8 Å². The van der Waals surface area contributed by atoms with Gasteiger partial charge < -0.3 is 19.2 Å². The maximum Gasteiger partial charge on any atom is 0.287 e. The Kier molecular flexibility index (Phi) is 4.65. The second-order valence-corrected chi connectivity index (χ2v) is 5.86. The first-order valence-corrected chi connectivity index (χ1v) is 8.06. The van der Waals surface area contributed by atoms with Crippen LogP contribution in [0.25, 0.3) is 11.0 Å². The largest absolute Gasteiger partial charge is 0.497 e. The molecular formula is C20H21NO4. The van der Waals surface area contributed by atoms with Gasteiger partial charge in [-0.3, -0.25) is 4.79 Å². The van der Waals surface area contributed by atoms with Gasteiger partial charge in [-0.1, -0.05) is 18.2 Å². The summed E-state index contributed by atoms with van der Waals surface area (Å²) in [4.78, 5) is 12.7. The Morgan fingerprint density at radius 3 is 2.56 bits per heavy atom. The van der Waals surface area contributed by atoms with E-state index in [1.54, 1.807) is 14.2 Å². The zero-order chi connectivity index (χ0) is 18.0. The lowest BCUT2D eigenvalue weighted by Crippen LogP contribution is -2.27. The number of furan rings is 1. The van der Waals surface area contributed by atoms with Gasteiger partial charge >= 0.3 is 0 Å². The molecule has 1 amide bonds. The highest BCUT2D eigenvalue weighted by Crippen LogP contribution is 2.30. The second kappa shape index (κ2) is 6.89. The lowest BCUT2D eigenvalue weighted by atomic mass is 10.1. The number of fused-ring (bicyclic) bond motifs is 1. The number of amides is 1. The van der Waals surface area contributed by atoms with Crippen LogP contribution in [-0.4, -0.2) is 20.1 Å². The topological polar surface area (TPSA) is 60.7 Å². The summed E-state index contributed by atoms with van der Waals surface area (Å²) in [6.45, 7) is 3.78. The maximum atomic E-state index is 12.7. The number of aryl methyl sites for hydroxylation is 1. The smallest absolute Gasteiger partial charge is 0.287 e. The lowest BCUT2D eigenvalue weighted by Gasteiger charge is -2.18. The molecule has 1 aromatic heterocycles. The molecule has 0 aliphatic carbocycles. The van der Waals surface area contributed by atoms with Crippen LogP contribution >= 0.6 is 0 Å². The third kappa shape index (κ3) is 3.18. The first kappa shape index (κ1) is 16.9. The van der Waals surface area contributed by atoms with E-state index in [4.69, 9.17) is 13.9 Å². The fraction of sp³-hybridized carbons (Fsp3) is 0.250. The highest BCUT2D eigenvalue weighted by molar-refractivity contribution is 5.99. The molecule has 5 nitrogen and oxygen atoms in total. The van der Waals surface area contributed by atoms with Crippen LogP contribution in [0.5, 0.6) is 11.5 Å². The van der Waals surface area contributed by atoms with Gasteiger partial charge in [0.1, 0.15) is 17.1 Å². The summed E-state index contributed by atoms with van der Waals surface area (Å²) in [6, 6.07) is 12.8. The molecule has 3 aromatic rings. The van der Waals surface area contributed by atoms with Crippen molar-refractivity contribution in [3.8, 4) is 11.5 Å². The van der Waals surface area contributed by atoms with E-state index in [-0.39, 0.29) is 11.9 Å². The Bertz CT molecular complexity index is 913. The van der Waals surface area contributed by atoms with Crippen molar-refractivity contribution in [2.75, 3.05) is 14.2 Å². The van der Waals surface area contributed by atoms with Crippen LogP contribution in [0.4, 0.5) is 0 Å². The molecule has 5 heteroatoms. The van der Waals surface area contributed by atoms with E-state index < -0.39 is 0 Å². The normalized spacial score (nSPS) is 12.0. The van der Waals surface area contributed by atoms with Crippen molar-refractivity contribution in [1.82, 2.24) is 5.32 Å².